The van der Waals surface area contributed by atoms with Crippen LogP contribution in [0.1, 0.15) is 37.9 Å². The van der Waals surface area contributed by atoms with E-state index in [1.165, 1.54) is 0 Å². The predicted octanol–water partition coefficient (Wildman–Crippen LogP) is 3.13. The molecule has 2 heterocycles. The molecule has 0 fully saturated rings. The van der Waals surface area contributed by atoms with E-state index in [0.29, 0.717) is 6.54 Å². The van der Waals surface area contributed by atoms with Crippen LogP contribution in [0, 0.1) is 6.92 Å². The lowest BCUT2D eigenvalue weighted by atomic mass is 9.95. The minimum atomic E-state index is -0.0965. The van der Waals surface area contributed by atoms with Crippen molar-refractivity contribution in [3.05, 3.63) is 41.5 Å². The first-order chi connectivity index (χ1) is 9.91. The number of hydrogen-bond donors (Lipinski definition) is 2. The summed E-state index contributed by atoms with van der Waals surface area (Å²) in [4.78, 5) is 13.6. The second kappa shape index (κ2) is 6.08. The van der Waals surface area contributed by atoms with Gasteiger partial charge in [0.2, 0.25) is 0 Å². The van der Waals surface area contributed by atoms with Gasteiger partial charge in [0.25, 0.3) is 0 Å². The van der Waals surface area contributed by atoms with Crippen LogP contribution >= 0.6 is 0 Å². The van der Waals surface area contributed by atoms with Gasteiger partial charge in [0.15, 0.2) is 0 Å². The molecule has 0 saturated carbocycles. The minimum Gasteiger partial charge on any atom is -0.373 e. The number of anilines is 2. The highest BCUT2D eigenvalue weighted by Gasteiger charge is 2.20. The molecule has 0 aromatic carbocycles. The lowest BCUT2D eigenvalue weighted by molar-refractivity contribution is 0.546. The molecule has 0 aliphatic carbocycles. The molecule has 2 N–H and O–H groups in total. The molecule has 0 amide bonds. The fraction of sp³-hybridized carbons (Fsp3) is 0.438. The van der Waals surface area contributed by atoms with Crippen molar-refractivity contribution in [3.8, 4) is 0 Å². The molecule has 0 saturated heterocycles. The van der Waals surface area contributed by atoms with Crippen LogP contribution in [0.15, 0.2) is 24.4 Å². The van der Waals surface area contributed by atoms with Gasteiger partial charge in [-0.25, -0.2) is 9.97 Å². The summed E-state index contributed by atoms with van der Waals surface area (Å²) in [5, 5.41) is 6.50. The number of nitrogens with zero attached hydrogens (tertiary/aromatic N) is 3. The van der Waals surface area contributed by atoms with Crippen LogP contribution in [0.2, 0.25) is 0 Å². The van der Waals surface area contributed by atoms with Crippen molar-refractivity contribution >= 4 is 11.6 Å². The van der Waals surface area contributed by atoms with Crippen molar-refractivity contribution < 1.29 is 0 Å². The van der Waals surface area contributed by atoms with E-state index in [-0.39, 0.29) is 5.41 Å². The number of hydrogen-bond acceptors (Lipinski definition) is 5. The maximum atomic E-state index is 4.68. The Balaban J connectivity index is 2.29. The zero-order valence-corrected chi connectivity index (χ0v) is 13.4. The lowest BCUT2D eigenvalue weighted by Gasteiger charge is -2.20. The summed E-state index contributed by atoms with van der Waals surface area (Å²) in [7, 11) is 1.88. The SMILES string of the molecule is CNc1nc(C(C)(C)C)nc(NCc2ccccn2)c1C. The second-order valence-corrected chi connectivity index (χ2v) is 6.04. The molecule has 2 aromatic rings. The Labute approximate surface area is 126 Å². The van der Waals surface area contributed by atoms with Crippen molar-refractivity contribution in [1.82, 2.24) is 15.0 Å². The molecule has 5 nitrogen and oxygen atoms in total. The highest BCUT2D eigenvalue weighted by molar-refractivity contribution is 5.57. The summed E-state index contributed by atoms with van der Waals surface area (Å²) in [6, 6.07) is 5.89. The normalized spacial score (nSPS) is 11.3. The van der Waals surface area contributed by atoms with E-state index in [4.69, 9.17) is 0 Å². The Morgan fingerprint density at radius 1 is 1.10 bits per heavy atom. The summed E-state index contributed by atoms with van der Waals surface area (Å²) in [5.41, 5.74) is 1.90. The number of aromatic nitrogens is 3. The van der Waals surface area contributed by atoms with Crippen LogP contribution in [-0.2, 0) is 12.0 Å². The fourth-order valence-corrected chi connectivity index (χ4v) is 1.94. The van der Waals surface area contributed by atoms with Crippen molar-refractivity contribution in [2.45, 2.75) is 39.7 Å². The average molecular weight is 285 g/mol. The van der Waals surface area contributed by atoms with Gasteiger partial charge in [-0.05, 0) is 19.1 Å². The van der Waals surface area contributed by atoms with Crippen molar-refractivity contribution in [2.24, 2.45) is 0 Å². The number of nitrogens with one attached hydrogen (secondary N) is 2. The highest BCUT2D eigenvalue weighted by Crippen LogP contribution is 2.26. The first kappa shape index (κ1) is 15.2. The van der Waals surface area contributed by atoms with Gasteiger partial charge in [-0.2, -0.15) is 0 Å². The van der Waals surface area contributed by atoms with E-state index in [0.717, 1.165) is 28.7 Å². The highest BCUT2D eigenvalue weighted by atomic mass is 15.1. The van der Waals surface area contributed by atoms with Crippen LogP contribution < -0.4 is 10.6 Å². The smallest absolute Gasteiger partial charge is 0.138 e. The predicted molar refractivity (Wildman–Crippen MR) is 86.6 cm³/mol. The monoisotopic (exact) mass is 285 g/mol. The van der Waals surface area contributed by atoms with E-state index in [1.807, 2.05) is 32.2 Å². The maximum Gasteiger partial charge on any atom is 0.138 e. The van der Waals surface area contributed by atoms with E-state index >= 15 is 0 Å². The molecule has 2 rings (SSSR count). The number of pyridine rings is 1. The van der Waals surface area contributed by atoms with Crippen LogP contribution in [0.25, 0.3) is 0 Å². The van der Waals surface area contributed by atoms with E-state index in [9.17, 15) is 0 Å². The Morgan fingerprint density at radius 2 is 1.81 bits per heavy atom. The third kappa shape index (κ3) is 3.68. The van der Waals surface area contributed by atoms with E-state index in [1.54, 1.807) is 6.20 Å². The molecule has 0 aliphatic heterocycles. The van der Waals surface area contributed by atoms with Crippen molar-refractivity contribution in [1.29, 1.82) is 0 Å². The Morgan fingerprint density at radius 3 is 2.38 bits per heavy atom. The zero-order valence-electron chi connectivity index (χ0n) is 13.4. The van der Waals surface area contributed by atoms with Gasteiger partial charge in [0, 0.05) is 24.2 Å². The summed E-state index contributed by atoms with van der Waals surface area (Å²) in [6.45, 7) is 8.99. The van der Waals surface area contributed by atoms with E-state index < -0.39 is 0 Å². The van der Waals surface area contributed by atoms with Gasteiger partial charge in [0.1, 0.15) is 17.5 Å². The molecule has 112 valence electrons. The summed E-state index contributed by atoms with van der Waals surface area (Å²) in [6.07, 6.45) is 1.80. The molecule has 2 aromatic heterocycles. The Kier molecular flexibility index (Phi) is 4.40. The first-order valence-electron chi connectivity index (χ1n) is 7.12. The molecule has 21 heavy (non-hydrogen) atoms. The van der Waals surface area contributed by atoms with Gasteiger partial charge in [-0.15, -0.1) is 0 Å². The summed E-state index contributed by atoms with van der Waals surface area (Å²) >= 11 is 0. The second-order valence-electron chi connectivity index (χ2n) is 6.04. The topological polar surface area (TPSA) is 62.7 Å². The quantitative estimate of drug-likeness (QED) is 0.903. The number of rotatable bonds is 4. The first-order valence-corrected chi connectivity index (χ1v) is 7.12. The standard InChI is InChI=1S/C16H23N5/c1-11-13(17-5)20-15(16(2,3)4)21-14(11)19-10-12-8-6-7-9-18-12/h6-9H,10H2,1-5H3,(H2,17,19,20,21). The fourth-order valence-electron chi connectivity index (χ4n) is 1.94. The van der Waals surface area contributed by atoms with Crippen LogP contribution in [0.3, 0.4) is 0 Å². The molecular weight excluding hydrogens is 262 g/mol. The molecule has 0 spiro atoms. The van der Waals surface area contributed by atoms with Crippen molar-refractivity contribution in [2.75, 3.05) is 17.7 Å². The van der Waals surface area contributed by atoms with Gasteiger partial charge in [-0.3, -0.25) is 4.98 Å². The van der Waals surface area contributed by atoms with Gasteiger partial charge in [-0.1, -0.05) is 26.8 Å². The molecule has 0 unspecified atom stereocenters. The summed E-state index contributed by atoms with van der Waals surface area (Å²) < 4.78 is 0. The van der Waals surface area contributed by atoms with Gasteiger partial charge < -0.3 is 10.6 Å². The molecule has 0 radical (unpaired) electrons. The molecule has 5 heteroatoms. The Hall–Kier alpha value is -2.17. The van der Waals surface area contributed by atoms with E-state index in [2.05, 4.69) is 46.4 Å². The zero-order chi connectivity index (χ0) is 15.5. The van der Waals surface area contributed by atoms with Crippen LogP contribution in [-0.4, -0.2) is 22.0 Å². The molecular formula is C16H23N5. The third-order valence-electron chi connectivity index (χ3n) is 3.22. The van der Waals surface area contributed by atoms with Crippen LogP contribution in [0.4, 0.5) is 11.6 Å². The molecule has 0 aliphatic rings. The lowest BCUT2D eigenvalue weighted by Crippen LogP contribution is -2.19. The molecule has 0 bridgehead atoms. The Bertz CT molecular complexity index is 602. The average Bonchev–Trinajstić information content (AvgIpc) is 2.46. The van der Waals surface area contributed by atoms with Gasteiger partial charge in [0.05, 0.1) is 12.2 Å². The van der Waals surface area contributed by atoms with Crippen LogP contribution in [0.5, 0.6) is 0 Å². The third-order valence-corrected chi connectivity index (χ3v) is 3.22. The van der Waals surface area contributed by atoms with Gasteiger partial charge >= 0.3 is 0 Å². The minimum absolute atomic E-state index is 0.0965. The maximum absolute atomic E-state index is 4.68. The van der Waals surface area contributed by atoms with Crippen molar-refractivity contribution in [3.63, 3.8) is 0 Å². The summed E-state index contributed by atoms with van der Waals surface area (Å²) in [5.74, 6) is 2.53. The molecule has 0 atom stereocenters. The largest absolute Gasteiger partial charge is 0.373 e.